The van der Waals surface area contributed by atoms with E-state index in [1.165, 1.54) is 12.4 Å². The van der Waals surface area contributed by atoms with Gasteiger partial charge in [-0.3, -0.25) is 0 Å². The number of pyridine rings is 1. The Kier molecular flexibility index (Phi) is 3.74. The summed E-state index contributed by atoms with van der Waals surface area (Å²) in [6.45, 7) is 4.03. The second-order valence-electron chi connectivity index (χ2n) is 7.70. The van der Waals surface area contributed by atoms with Crippen LogP contribution >= 0.6 is 0 Å². The highest BCUT2D eigenvalue weighted by Gasteiger charge is 2.32. The highest BCUT2D eigenvalue weighted by atomic mass is 19.1. The van der Waals surface area contributed by atoms with E-state index in [0.29, 0.717) is 42.5 Å². The molecular weight excluding hydrogens is 385 g/mol. The van der Waals surface area contributed by atoms with E-state index < -0.39 is 0 Å². The van der Waals surface area contributed by atoms with Gasteiger partial charge in [-0.2, -0.15) is 9.61 Å². The fourth-order valence-corrected chi connectivity index (χ4v) is 4.47. The Morgan fingerprint density at radius 3 is 2.90 bits per heavy atom. The smallest absolute Gasteiger partial charge is 0.172 e. The van der Waals surface area contributed by atoms with Gasteiger partial charge in [-0.05, 0) is 25.1 Å². The number of rotatable bonds is 1. The van der Waals surface area contributed by atoms with Crippen molar-refractivity contribution < 1.29 is 13.9 Å². The van der Waals surface area contributed by atoms with Gasteiger partial charge in [0.05, 0.1) is 19.1 Å². The largest absolute Gasteiger partial charge is 0.493 e. The third-order valence-corrected chi connectivity index (χ3v) is 5.95. The maximum Gasteiger partial charge on any atom is 0.172 e. The van der Waals surface area contributed by atoms with Crippen molar-refractivity contribution >= 4 is 17.0 Å². The molecule has 0 radical (unpaired) electrons. The fourth-order valence-electron chi connectivity index (χ4n) is 4.47. The zero-order valence-electron chi connectivity index (χ0n) is 16.4. The first kappa shape index (κ1) is 17.3. The maximum absolute atomic E-state index is 14.7. The van der Waals surface area contributed by atoms with Gasteiger partial charge < -0.3 is 20.1 Å². The van der Waals surface area contributed by atoms with Crippen LogP contribution in [0.1, 0.15) is 29.5 Å². The van der Waals surface area contributed by atoms with Gasteiger partial charge >= 0.3 is 0 Å². The molecule has 30 heavy (non-hydrogen) atoms. The van der Waals surface area contributed by atoms with E-state index >= 15 is 0 Å². The normalized spacial score (nSPS) is 19.6. The molecule has 0 saturated heterocycles. The molecule has 0 aliphatic carbocycles. The van der Waals surface area contributed by atoms with Crippen molar-refractivity contribution in [2.24, 2.45) is 0 Å². The van der Waals surface area contributed by atoms with Crippen molar-refractivity contribution in [1.82, 2.24) is 19.9 Å². The number of halogens is 1. The fraction of sp³-hybridized carbons (Fsp3) is 0.273. The van der Waals surface area contributed by atoms with Crippen molar-refractivity contribution in [2.45, 2.75) is 19.4 Å². The Morgan fingerprint density at radius 1 is 1.17 bits per heavy atom. The van der Waals surface area contributed by atoms with Gasteiger partial charge in [-0.1, -0.05) is 12.2 Å². The number of hydrogen-bond acceptors (Lipinski definition) is 6. The van der Waals surface area contributed by atoms with E-state index in [2.05, 4.69) is 32.9 Å². The standard InChI is InChI=1S/C22H20FN5O2/c1-12-14(3-2-6-24-12)15-7-19-22(28-21(15)26-11-27-28)25-8-16-17(23)4-5-18-20(16)13(9-29-18)10-30-19/h2-5,7,11,13,24-25H,6,8-10H2,1H3/t13-/m1/s1. The van der Waals surface area contributed by atoms with Crippen LogP contribution in [-0.2, 0) is 6.54 Å². The third-order valence-electron chi connectivity index (χ3n) is 5.95. The van der Waals surface area contributed by atoms with E-state index in [0.717, 1.165) is 34.7 Å². The second kappa shape index (κ2) is 6.48. The van der Waals surface area contributed by atoms with Gasteiger partial charge in [0, 0.05) is 41.1 Å². The molecule has 0 fully saturated rings. The minimum atomic E-state index is -0.245. The minimum Gasteiger partial charge on any atom is -0.493 e. The number of nitrogens with zero attached hydrogens (tertiary/aromatic N) is 3. The summed E-state index contributed by atoms with van der Waals surface area (Å²) < 4.78 is 28.5. The predicted molar refractivity (Wildman–Crippen MR) is 110 cm³/mol. The Bertz CT molecular complexity index is 1250. The zero-order valence-corrected chi connectivity index (χ0v) is 16.4. The summed E-state index contributed by atoms with van der Waals surface area (Å²) in [5, 5.41) is 11.1. The summed E-state index contributed by atoms with van der Waals surface area (Å²) in [7, 11) is 0. The molecule has 0 bridgehead atoms. The van der Waals surface area contributed by atoms with Crippen molar-refractivity contribution in [3.63, 3.8) is 0 Å². The van der Waals surface area contributed by atoms with Crippen molar-refractivity contribution in [3.05, 3.63) is 64.9 Å². The van der Waals surface area contributed by atoms with Crippen LogP contribution in [0.3, 0.4) is 0 Å². The van der Waals surface area contributed by atoms with Crippen LogP contribution in [0.4, 0.5) is 10.2 Å². The monoisotopic (exact) mass is 405 g/mol. The Labute approximate surface area is 172 Å². The first-order chi connectivity index (χ1) is 14.7. The third kappa shape index (κ3) is 2.49. The number of hydrogen-bond donors (Lipinski definition) is 2. The SMILES string of the molecule is CC1=C(c2cc3c(n4ncnc24)NCc2c(F)ccc4c2[C@H](CO4)CO3)C=CCN1. The van der Waals surface area contributed by atoms with Gasteiger partial charge in [0.1, 0.15) is 17.9 Å². The van der Waals surface area contributed by atoms with E-state index in [9.17, 15) is 4.39 Å². The maximum atomic E-state index is 14.7. The molecule has 7 nitrogen and oxygen atoms in total. The molecule has 3 aliphatic heterocycles. The van der Waals surface area contributed by atoms with Crippen molar-refractivity contribution in [1.29, 1.82) is 0 Å². The summed E-state index contributed by atoms with van der Waals surface area (Å²) >= 11 is 0. The molecule has 6 rings (SSSR count). The number of fused-ring (bicyclic) bond motifs is 3. The molecule has 5 heterocycles. The molecule has 2 aromatic heterocycles. The van der Waals surface area contributed by atoms with Gasteiger partial charge in [0.15, 0.2) is 17.2 Å². The van der Waals surface area contributed by atoms with Gasteiger partial charge in [-0.15, -0.1) is 0 Å². The summed E-state index contributed by atoms with van der Waals surface area (Å²) in [5.41, 5.74) is 5.27. The molecular formula is C22H20FN5O2. The average Bonchev–Trinajstić information content (AvgIpc) is 3.40. The lowest BCUT2D eigenvalue weighted by molar-refractivity contribution is 0.248. The van der Waals surface area contributed by atoms with E-state index in [1.807, 2.05) is 13.0 Å². The summed E-state index contributed by atoms with van der Waals surface area (Å²) in [6.07, 6.45) is 5.69. The van der Waals surface area contributed by atoms with E-state index in [4.69, 9.17) is 9.47 Å². The van der Waals surface area contributed by atoms with Crippen LogP contribution in [0.5, 0.6) is 11.5 Å². The summed E-state index contributed by atoms with van der Waals surface area (Å²) in [4.78, 5) is 4.48. The molecule has 0 saturated carbocycles. The molecule has 2 N–H and O–H groups in total. The molecule has 3 aliphatic rings. The minimum absolute atomic E-state index is 0.0226. The molecule has 0 spiro atoms. The topological polar surface area (TPSA) is 72.7 Å². The number of aromatic nitrogens is 3. The molecule has 8 heteroatoms. The van der Waals surface area contributed by atoms with Crippen LogP contribution in [-0.4, -0.2) is 34.4 Å². The summed E-state index contributed by atoms with van der Waals surface area (Å²) in [5.74, 6) is 1.79. The van der Waals surface area contributed by atoms with E-state index in [1.54, 1.807) is 10.6 Å². The Hall–Kier alpha value is -3.55. The number of ether oxygens (including phenoxy) is 2. The number of anilines is 1. The second-order valence-corrected chi connectivity index (χ2v) is 7.70. The predicted octanol–water partition coefficient (Wildman–Crippen LogP) is 3.24. The van der Waals surface area contributed by atoms with Crippen molar-refractivity contribution in [2.75, 3.05) is 25.1 Å². The average molecular weight is 405 g/mol. The van der Waals surface area contributed by atoms with Crippen molar-refractivity contribution in [3.8, 4) is 11.5 Å². The van der Waals surface area contributed by atoms with Crippen LogP contribution in [0.25, 0.3) is 11.2 Å². The quantitative estimate of drug-likeness (QED) is 0.648. The first-order valence-corrected chi connectivity index (χ1v) is 10.00. The van der Waals surface area contributed by atoms with E-state index in [-0.39, 0.29) is 11.7 Å². The highest BCUT2D eigenvalue weighted by Crippen LogP contribution is 2.41. The molecule has 0 amide bonds. The molecule has 1 aromatic carbocycles. The zero-order chi connectivity index (χ0) is 20.2. The van der Waals surface area contributed by atoms with Gasteiger partial charge in [0.25, 0.3) is 0 Å². The van der Waals surface area contributed by atoms with Crippen LogP contribution in [0.2, 0.25) is 0 Å². The number of allylic oxidation sites excluding steroid dienone is 3. The Morgan fingerprint density at radius 2 is 2.03 bits per heavy atom. The lowest BCUT2D eigenvalue weighted by Crippen LogP contribution is -2.16. The lowest BCUT2D eigenvalue weighted by Gasteiger charge is -2.19. The molecule has 3 aromatic rings. The Balaban J connectivity index is 1.52. The number of nitrogens with one attached hydrogen (secondary N) is 2. The molecule has 152 valence electrons. The summed E-state index contributed by atoms with van der Waals surface area (Å²) in [6, 6.07) is 5.15. The highest BCUT2D eigenvalue weighted by molar-refractivity contribution is 5.86. The number of dihydropyridines is 1. The van der Waals surface area contributed by atoms with Gasteiger partial charge in [-0.25, -0.2) is 9.37 Å². The van der Waals surface area contributed by atoms with Gasteiger partial charge in [0.2, 0.25) is 0 Å². The van der Waals surface area contributed by atoms with Crippen LogP contribution in [0.15, 0.2) is 42.4 Å². The van der Waals surface area contributed by atoms with Crippen LogP contribution in [0, 0.1) is 5.82 Å². The molecule has 1 atom stereocenters. The first-order valence-electron chi connectivity index (χ1n) is 10.00. The number of benzene rings is 1. The lowest BCUT2D eigenvalue weighted by atomic mass is 9.96. The van der Waals surface area contributed by atoms with Crippen LogP contribution < -0.4 is 20.1 Å². The molecule has 0 unspecified atom stereocenters.